The normalized spacial score (nSPS) is 11.2. The van der Waals surface area contributed by atoms with Crippen LogP contribution in [-0.2, 0) is 11.2 Å². The Morgan fingerprint density at radius 3 is 2.50 bits per heavy atom. The molecule has 0 unspecified atom stereocenters. The number of nitrogens with zero attached hydrogens (tertiary/aromatic N) is 1. The van der Waals surface area contributed by atoms with E-state index in [1.807, 2.05) is 36.4 Å². The van der Waals surface area contributed by atoms with Crippen LogP contribution < -0.4 is 14.8 Å². The fraction of sp³-hybridized carbons (Fsp3) is 0.296. The number of fused-ring (bicyclic) bond motifs is 1. The molecule has 0 bridgehead atoms. The first kappa shape index (κ1) is 23.4. The van der Waals surface area contributed by atoms with Crippen molar-refractivity contribution in [3.63, 3.8) is 0 Å². The molecule has 0 atom stereocenters. The molecule has 0 saturated heterocycles. The second-order valence-corrected chi connectivity index (χ2v) is 7.83. The molecule has 0 heterocycles. The van der Waals surface area contributed by atoms with Gasteiger partial charge in [-0.2, -0.15) is 0 Å². The molecule has 3 rings (SSSR count). The fourth-order valence-electron chi connectivity index (χ4n) is 3.57. The summed E-state index contributed by atoms with van der Waals surface area (Å²) in [5.74, 6) is 1.44. The Kier molecular flexibility index (Phi) is 8.70. The number of amides is 1. The third-order valence-corrected chi connectivity index (χ3v) is 5.45. The first-order valence-electron chi connectivity index (χ1n) is 10.9. The first-order chi connectivity index (χ1) is 15.6. The largest absolute Gasteiger partial charge is 0.493 e. The lowest BCUT2D eigenvalue weighted by atomic mass is 10.1. The Hall–Kier alpha value is -3.31. The van der Waals surface area contributed by atoms with Crippen LogP contribution >= 0.6 is 0 Å². The molecule has 32 heavy (non-hydrogen) atoms. The van der Waals surface area contributed by atoms with E-state index in [-0.39, 0.29) is 5.91 Å². The lowest BCUT2D eigenvalue weighted by Gasteiger charge is -2.17. The van der Waals surface area contributed by atoms with Gasteiger partial charge in [0.15, 0.2) is 11.5 Å². The van der Waals surface area contributed by atoms with E-state index >= 15 is 0 Å². The van der Waals surface area contributed by atoms with Crippen LogP contribution in [0.25, 0.3) is 16.8 Å². The molecule has 0 saturated carbocycles. The van der Waals surface area contributed by atoms with Crippen molar-refractivity contribution in [2.24, 2.45) is 0 Å². The predicted molar refractivity (Wildman–Crippen MR) is 131 cm³/mol. The van der Waals surface area contributed by atoms with Crippen molar-refractivity contribution >= 4 is 22.8 Å². The number of nitrogens with one attached hydrogen (secondary N) is 1. The summed E-state index contributed by atoms with van der Waals surface area (Å²) >= 11 is 0. The molecule has 1 N–H and O–H groups in total. The summed E-state index contributed by atoms with van der Waals surface area (Å²) < 4.78 is 10.7. The molecule has 3 aromatic rings. The summed E-state index contributed by atoms with van der Waals surface area (Å²) in [4.78, 5) is 14.4. The van der Waals surface area contributed by atoms with Gasteiger partial charge in [-0.05, 0) is 72.6 Å². The molecular formula is C27H32N2O3. The molecule has 0 aliphatic rings. The van der Waals surface area contributed by atoms with Crippen molar-refractivity contribution in [3.8, 4) is 11.5 Å². The van der Waals surface area contributed by atoms with Crippen molar-refractivity contribution in [3.05, 3.63) is 77.9 Å². The van der Waals surface area contributed by atoms with Crippen molar-refractivity contribution in [1.82, 2.24) is 10.2 Å². The average Bonchev–Trinajstić information content (AvgIpc) is 2.83. The maximum atomic E-state index is 12.1. The lowest BCUT2D eigenvalue weighted by molar-refractivity contribution is -0.116. The highest BCUT2D eigenvalue weighted by atomic mass is 16.5. The van der Waals surface area contributed by atoms with Gasteiger partial charge < -0.3 is 19.7 Å². The third kappa shape index (κ3) is 6.86. The number of methoxy groups -OCH3 is 2. The Morgan fingerprint density at radius 2 is 1.72 bits per heavy atom. The molecule has 3 aromatic carbocycles. The van der Waals surface area contributed by atoms with E-state index in [2.05, 4.69) is 47.6 Å². The minimum atomic E-state index is -0.0638. The summed E-state index contributed by atoms with van der Waals surface area (Å²) in [5, 5.41) is 5.33. The predicted octanol–water partition coefficient (Wildman–Crippen LogP) is 4.55. The van der Waals surface area contributed by atoms with Crippen molar-refractivity contribution in [2.45, 2.75) is 12.8 Å². The summed E-state index contributed by atoms with van der Waals surface area (Å²) in [5.41, 5.74) is 2.23. The average molecular weight is 433 g/mol. The van der Waals surface area contributed by atoms with E-state index in [9.17, 15) is 4.79 Å². The number of carbonyl (C=O) groups is 1. The topological polar surface area (TPSA) is 50.8 Å². The van der Waals surface area contributed by atoms with Gasteiger partial charge in [0.05, 0.1) is 14.2 Å². The second kappa shape index (κ2) is 11.9. The van der Waals surface area contributed by atoms with Gasteiger partial charge in [-0.3, -0.25) is 4.79 Å². The monoisotopic (exact) mass is 432 g/mol. The minimum Gasteiger partial charge on any atom is -0.493 e. The number of rotatable bonds is 11. The SMILES string of the molecule is COc1ccc(CCN(C)CCCNC(=O)C=Cc2ccc3ccccc3c2)cc1OC. The number of carbonyl (C=O) groups excluding carboxylic acids is 1. The number of hydrogen-bond acceptors (Lipinski definition) is 4. The second-order valence-electron chi connectivity index (χ2n) is 7.83. The van der Waals surface area contributed by atoms with E-state index in [1.54, 1.807) is 20.3 Å². The van der Waals surface area contributed by atoms with Crippen LogP contribution in [0.4, 0.5) is 0 Å². The van der Waals surface area contributed by atoms with Gasteiger partial charge in [0.1, 0.15) is 0 Å². The van der Waals surface area contributed by atoms with Crippen molar-refractivity contribution in [2.75, 3.05) is 40.9 Å². The zero-order chi connectivity index (χ0) is 22.8. The number of ether oxygens (including phenoxy) is 2. The Balaban J connectivity index is 1.36. The van der Waals surface area contributed by atoms with Gasteiger partial charge >= 0.3 is 0 Å². The van der Waals surface area contributed by atoms with Gasteiger partial charge in [-0.15, -0.1) is 0 Å². The van der Waals surface area contributed by atoms with Crippen LogP contribution in [0.3, 0.4) is 0 Å². The highest BCUT2D eigenvalue weighted by Gasteiger charge is 2.06. The molecule has 0 aliphatic carbocycles. The third-order valence-electron chi connectivity index (χ3n) is 5.45. The quantitative estimate of drug-likeness (QED) is 0.357. The summed E-state index contributed by atoms with van der Waals surface area (Å²) in [7, 11) is 5.39. The van der Waals surface area contributed by atoms with Crippen LogP contribution in [0.2, 0.25) is 0 Å². The van der Waals surface area contributed by atoms with Crippen LogP contribution in [0, 0.1) is 0 Å². The smallest absolute Gasteiger partial charge is 0.243 e. The Labute approximate surface area is 190 Å². The van der Waals surface area contributed by atoms with Crippen LogP contribution in [0.1, 0.15) is 17.5 Å². The molecule has 5 nitrogen and oxygen atoms in total. The van der Waals surface area contributed by atoms with Crippen LogP contribution in [0.15, 0.2) is 66.7 Å². The summed E-state index contributed by atoms with van der Waals surface area (Å²) in [6.45, 7) is 2.51. The van der Waals surface area contributed by atoms with E-state index in [1.165, 1.54) is 16.3 Å². The molecule has 5 heteroatoms. The van der Waals surface area contributed by atoms with E-state index in [4.69, 9.17) is 9.47 Å². The summed E-state index contributed by atoms with van der Waals surface area (Å²) in [6.07, 6.45) is 5.29. The maximum absolute atomic E-state index is 12.1. The maximum Gasteiger partial charge on any atom is 0.243 e. The Bertz CT molecular complexity index is 1060. The van der Waals surface area contributed by atoms with Gasteiger partial charge in [0.25, 0.3) is 0 Å². The van der Waals surface area contributed by atoms with Crippen LogP contribution in [0.5, 0.6) is 11.5 Å². The number of hydrogen-bond donors (Lipinski definition) is 1. The van der Waals surface area contributed by atoms with Gasteiger partial charge in [0, 0.05) is 19.2 Å². The molecular weight excluding hydrogens is 400 g/mol. The van der Waals surface area contributed by atoms with Crippen molar-refractivity contribution < 1.29 is 14.3 Å². The molecule has 0 radical (unpaired) electrons. The number of likely N-dealkylation sites (N-methyl/N-ethyl adjacent to an activating group) is 1. The summed E-state index contributed by atoms with van der Waals surface area (Å²) in [6, 6.07) is 20.4. The first-order valence-corrected chi connectivity index (χ1v) is 10.9. The van der Waals surface area contributed by atoms with Gasteiger partial charge in [-0.1, -0.05) is 42.5 Å². The molecule has 0 fully saturated rings. The zero-order valence-corrected chi connectivity index (χ0v) is 19.1. The standard InChI is InChI=1S/C27H32N2O3/c1-29(18-15-22-10-13-25(31-2)26(20-22)32-3)17-6-16-28-27(30)14-11-21-9-12-23-7-4-5-8-24(23)19-21/h4-5,7-14,19-20H,6,15-18H2,1-3H3,(H,28,30). The molecule has 0 aliphatic heterocycles. The fourth-order valence-corrected chi connectivity index (χ4v) is 3.57. The molecule has 1 amide bonds. The molecule has 0 aromatic heterocycles. The van der Waals surface area contributed by atoms with Crippen molar-refractivity contribution in [1.29, 1.82) is 0 Å². The van der Waals surface area contributed by atoms with E-state index < -0.39 is 0 Å². The van der Waals surface area contributed by atoms with Gasteiger partial charge in [0.2, 0.25) is 5.91 Å². The number of benzene rings is 3. The minimum absolute atomic E-state index is 0.0638. The Morgan fingerprint density at radius 1 is 0.938 bits per heavy atom. The van der Waals surface area contributed by atoms with E-state index in [0.29, 0.717) is 6.54 Å². The molecule has 168 valence electrons. The van der Waals surface area contributed by atoms with E-state index in [0.717, 1.165) is 43.0 Å². The zero-order valence-electron chi connectivity index (χ0n) is 19.1. The highest BCUT2D eigenvalue weighted by Crippen LogP contribution is 2.27. The lowest BCUT2D eigenvalue weighted by Crippen LogP contribution is -2.28. The molecule has 0 spiro atoms. The highest BCUT2D eigenvalue weighted by molar-refractivity contribution is 5.92. The van der Waals surface area contributed by atoms with Crippen LogP contribution in [-0.4, -0.2) is 51.7 Å². The van der Waals surface area contributed by atoms with Gasteiger partial charge in [-0.25, -0.2) is 0 Å².